The molecule has 5 heavy (non-hydrogen) atoms. The number of rotatable bonds is 0. The molecule has 0 aromatic heterocycles. The minimum atomic E-state index is 0. The topological polar surface area (TPSA) is 130 Å². The molecule has 0 aliphatic carbocycles. The summed E-state index contributed by atoms with van der Waals surface area (Å²) in [4.78, 5) is 0. The van der Waals surface area contributed by atoms with Crippen molar-refractivity contribution >= 4 is 0 Å². The van der Waals surface area contributed by atoms with E-state index in [4.69, 9.17) is 0 Å². The maximum atomic E-state index is 0. The Morgan fingerprint density at radius 3 is 0.600 bits per heavy atom. The van der Waals surface area contributed by atoms with Crippen molar-refractivity contribution < 1.29 is 33.3 Å². The first-order valence-corrected chi connectivity index (χ1v) is 0. The van der Waals surface area contributed by atoms with E-state index in [9.17, 15) is 0 Å². The monoisotopic (exact) mass is 265 g/mol. The van der Waals surface area contributed by atoms with Gasteiger partial charge in [-0.2, -0.15) is 0 Å². The number of nitrogens with two attached hydrogens (primary N) is 2. The summed E-state index contributed by atoms with van der Waals surface area (Å²) in [7, 11) is 0. The molecule has 0 unspecified atom stereocenters. The average molecular weight is 265 g/mol. The van der Waals surface area contributed by atoms with Gasteiger partial charge in [-0.3, -0.25) is 0 Å². The van der Waals surface area contributed by atoms with E-state index in [1.54, 1.807) is 0 Å². The van der Waals surface area contributed by atoms with Crippen LogP contribution in [0.5, 0.6) is 0 Å². The molecule has 0 bridgehead atoms. The van der Waals surface area contributed by atoms with Crippen LogP contribution in [0.15, 0.2) is 0 Å². The summed E-state index contributed by atoms with van der Waals surface area (Å²) >= 11 is 0. The van der Waals surface area contributed by atoms with Gasteiger partial charge >= 0.3 is 0 Å². The molecular weight excluding hydrogens is 257 g/mol. The third-order valence-corrected chi connectivity index (χ3v) is 0. The van der Waals surface area contributed by atoms with E-state index in [0.717, 1.165) is 0 Å². The fraction of sp³-hybridized carbons (Fsp3) is 0. The van der Waals surface area contributed by atoms with Gasteiger partial charge in [0.1, 0.15) is 0 Å². The van der Waals surface area contributed by atoms with Gasteiger partial charge in [-0.1, -0.05) is 0 Å². The summed E-state index contributed by atoms with van der Waals surface area (Å²) in [5.41, 5.74) is 0. The van der Waals surface area contributed by atoms with E-state index in [0.29, 0.717) is 0 Å². The van der Waals surface area contributed by atoms with Gasteiger partial charge in [0.25, 0.3) is 0 Å². The fourth-order valence-electron chi connectivity index (χ4n) is 0. The van der Waals surface area contributed by atoms with Crippen molar-refractivity contribution in [2.45, 2.75) is 0 Å². The van der Waals surface area contributed by atoms with E-state index in [2.05, 4.69) is 0 Å². The van der Waals surface area contributed by atoms with Crippen molar-refractivity contribution in [1.82, 2.24) is 0 Å². The number of hydrogen-bond donors (Lipinski definition) is 0. The molecule has 0 aromatic carbocycles. The van der Waals surface area contributed by atoms with E-state index in [1.807, 2.05) is 0 Å². The Balaban J connectivity index is 0. The normalized spacial score (nSPS) is 0. The van der Waals surface area contributed by atoms with Gasteiger partial charge in [0, 0.05) is 22.4 Å². The number of hydrogen-bond acceptors (Lipinski definition) is 0. The quantitative estimate of drug-likeness (QED) is 0.536. The molecule has 0 amide bonds. The average Bonchev–Trinajstić information content (AvgIpc) is 0. The van der Waals surface area contributed by atoms with Crippen LogP contribution in [0.3, 0.4) is 0 Å². The third-order valence-electron chi connectivity index (χ3n) is 0. The Labute approximate surface area is 46.2 Å². The van der Waals surface area contributed by atoms with Crippen LogP contribution in [0, 0.1) is 0 Å². The first kappa shape index (κ1) is 348. The molecule has 43 valence electrons. The summed E-state index contributed by atoms with van der Waals surface area (Å²) in [6.45, 7) is 0. The second kappa shape index (κ2) is 174. The first-order chi connectivity index (χ1) is 0. The molecule has 0 saturated carbocycles. The van der Waals surface area contributed by atoms with Crippen LogP contribution in [0.2, 0.25) is 0 Å². The van der Waals surface area contributed by atoms with Crippen LogP contribution in [0.25, 0.3) is 12.3 Å². The molecule has 5 heteroatoms. The van der Waals surface area contributed by atoms with Crippen molar-refractivity contribution in [3.8, 4) is 0 Å². The van der Waals surface area contributed by atoms with E-state index < -0.39 is 0 Å². The van der Waals surface area contributed by atoms with Crippen molar-refractivity contribution in [2.75, 3.05) is 0 Å². The molecule has 0 aliphatic rings. The molecular formula is H8AuN2O2-2. The Morgan fingerprint density at radius 2 is 0.600 bits per heavy atom. The predicted molar refractivity (Wildman–Crippen MR) is 17.8 cm³/mol. The Kier molecular flexibility index (Phi) is 12100. The zero-order valence-corrected chi connectivity index (χ0v) is 4.62. The molecule has 4 nitrogen and oxygen atoms in total. The molecule has 0 heterocycles. The summed E-state index contributed by atoms with van der Waals surface area (Å²) < 4.78 is 0. The van der Waals surface area contributed by atoms with Crippen LogP contribution in [0.1, 0.15) is 0 Å². The molecule has 0 aromatic rings. The van der Waals surface area contributed by atoms with Gasteiger partial charge < -0.3 is 23.3 Å². The van der Waals surface area contributed by atoms with Crippen LogP contribution < -0.4 is 0 Å². The van der Waals surface area contributed by atoms with Gasteiger partial charge in [-0.25, -0.2) is 0 Å². The third kappa shape index (κ3) is 90.6. The van der Waals surface area contributed by atoms with Gasteiger partial charge in [0.2, 0.25) is 0 Å². The van der Waals surface area contributed by atoms with Crippen LogP contribution in [-0.2, 0) is 22.4 Å². The summed E-state index contributed by atoms with van der Waals surface area (Å²) in [5, 5.41) is 0. The second-order valence-electron chi connectivity index (χ2n) is 0. The Bertz CT molecular complexity index is 7.61. The van der Waals surface area contributed by atoms with Crippen molar-refractivity contribution in [3.63, 3.8) is 0 Å². The van der Waals surface area contributed by atoms with Gasteiger partial charge in [-0.05, 0) is 0 Å². The fourth-order valence-corrected chi connectivity index (χ4v) is 0. The molecule has 0 rings (SSSR count). The van der Waals surface area contributed by atoms with Gasteiger partial charge in [-0.15, -0.1) is 0 Å². The zero-order chi connectivity index (χ0) is 0. The van der Waals surface area contributed by atoms with Crippen LogP contribution >= 0.6 is 0 Å². The van der Waals surface area contributed by atoms with Crippen LogP contribution in [-0.4, -0.2) is 11.0 Å². The smallest absolute Gasteiger partial charge is 0 e. The molecule has 8 N–H and O–H groups in total. The summed E-state index contributed by atoms with van der Waals surface area (Å²) in [5.74, 6) is 0. The molecule has 0 atom stereocenters. The molecule has 1 radical (unpaired) electrons. The minimum Gasteiger partial charge on any atom is -0.693 e. The van der Waals surface area contributed by atoms with Crippen molar-refractivity contribution in [3.05, 3.63) is 12.3 Å². The van der Waals surface area contributed by atoms with Gasteiger partial charge in [0.05, 0.1) is 0 Å². The van der Waals surface area contributed by atoms with Crippen molar-refractivity contribution in [1.29, 1.82) is 0 Å². The summed E-state index contributed by atoms with van der Waals surface area (Å²) in [6, 6.07) is 0. The molecule has 0 aliphatic heterocycles. The van der Waals surface area contributed by atoms with E-state index >= 15 is 0 Å². The molecule has 0 saturated heterocycles. The van der Waals surface area contributed by atoms with Crippen LogP contribution in [0.4, 0.5) is 0 Å². The van der Waals surface area contributed by atoms with E-state index in [-0.39, 0.29) is 45.6 Å². The molecule has 0 spiro atoms. The minimum absolute atomic E-state index is 0. The first-order valence-electron chi connectivity index (χ1n) is 0. The SMILES string of the molecule is O.O.[Au].[NH2-].[NH2-]. The second-order valence-corrected chi connectivity index (χ2v) is 0. The largest absolute Gasteiger partial charge is 0.693 e. The maximum absolute atomic E-state index is 0. The van der Waals surface area contributed by atoms with Crippen molar-refractivity contribution in [2.24, 2.45) is 0 Å². The van der Waals surface area contributed by atoms with Gasteiger partial charge in [0.15, 0.2) is 0 Å². The van der Waals surface area contributed by atoms with E-state index in [1.165, 1.54) is 0 Å². The Morgan fingerprint density at radius 1 is 0.600 bits per heavy atom. The summed E-state index contributed by atoms with van der Waals surface area (Å²) in [6.07, 6.45) is 0. The molecule has 0 fully saturated rings. The Hall–Kier alpha value is 0.580. The zero-order valence-electron chi connectivity index (χ0n) is 2.46. The maximum Gasteiger partial charge on any atom is 0 e. The predicted octanol–water partition coefficient (Wildman–Crippen LogP) is -0.218. The standard InChI is InChI=1S/Au.2H2N.2H2O/h;4*1H2/q;2*-1;;.